The molecule has 6 heteroatoms. The van der Waals surface area contributed by atoms with E-state index in [0.717, 1.165) is 6.07 Å². The minimum Gasteiger partial charge on any atom is -0.381 e. The summed E-state index contributed by atoms with van der Waals surface area (Å²) in [4.78, 5) is 3.80. The lowest BCUT2D eigenvalue weighted by Crippen LogP contribution is -2.36. The summed E-state index contributed by atoms with van der Waals surface area (Å²) in [5, 5.41) is 2.89. The standard InChI is InChI=1S/C12H15F3N2O/c1-8-7-18-6-4-10(8)17-11-9(12(13,14)15)3-2-5-16-11/h2-3,5,8,10H,4,6-7H2,1H3,(H,16,17). The second-order valence-electron chi connectivity index (χ2n) is 4.49. The van der Waals surface area contributed by atoms with E-state index in [1.807, 2.05) is 6.92 Å². The van der Waals surface area contributed by atoms with Gasteiger partial charge in [0, 0.05) is 18.8 Å². The number of rotatable bonds is 2. The third kappa shape index (κ3) is 2.93. The van der Waals surface area contributed by atoms with Crippen LogP contribution in [0, 0.1) is 5.92 Å². The van der Waals surface area contributed by atoms with E-state index >= 15 is 0 Å². The molecule has 1 aliphatic rings. The Hall–Kier alpha value is -1.30. The number of nitrogens with one attached hydrogen (secondary N) is 1. The van der Waals surface area contributed by atoms with E-state index in [4.69, 9.17) is 4.74 Å². The molecule has 1 aromatic heterocycles. The van der Waals surface area contributed by atoms with Gasteiger partial charge in [0.2, 0.25) is 0 Å². The maximum atomic E-state index is 12.8. The van der Waals surface area contributed by atoms with E-state index in [1.54, 1.807) is 0 Å². The van der Waals surface area contributed by atoms with Crippen LogP contribution in [0.1, 0.15) is 18.9 Å². The van der Waals surface area contributed by atoms with Crippen LogP contribution in [0.3, 0.4) is 0 Å². The van der Waals surface area contributed by atoms with Crippen LogP contribution in [-0.2, 0) is 10.9 Å². The van der Waals surface area contributed by atoms with Crippen LogP contribution in [-0.4, -0.2) is 24.2 Å². The van der Waals surface area contributed by atoms with Crippen molar-refractivity contribution in [3.8, 4) is 0 Å². The van der Waals surface area contributed by atoms with Crippen LogP contribution in [0.4, 0.5) is 19.0 Å². The Balaban J connectivity index is 2.18. The summed E-state index contributed by atoms with van der Waals surface area (Å²) < 4.78 is 43.6. The highest BCUT2D eigenvalue weighted by Crippen LogP contribution is 2.34. The minimum absolute atomic E-state index is 0.0326. The fourth-order valence-corrected chi connectivity index (χ4v) is 2.02. The molecule has 1 aromatic rings. The van der Waals surface area contributed by atoms with E-state index < -0.39 is 11.7 Å². The van der Waals surface area contributed by atoms with Gasteiger partial charge >= 0.3 is 6.18 Å². The number of aromatic nitrogens is 1. The van der Waals surface area contributed by atoms with Crippen molar-refractivity contribution in [3.63, 3.8) is 0 Å². The number of hydrogen-bond donors (Lipinski definition) is 1. The molecular formula is C12H15F3N2O. The number of ether oxygens (including phenoxy) is 1. The van der Waals surface area contributed by atoms with Gasteiger partial charge < -0.3 is 10.1 Å². The van der Waals surface area contributed by atoms with Gasteiger partial charge in [0.05, 0.1) is 12.2 Å². The lowest BCUT2D eigenvalue weighted by molar-refractivity contribution is -0.137. The maximum Gasteiger partial charge on any atom is 0.419 e. The van der Waals surface area contributed by atoms with Gasteiger partial charge in [0.25, 0.3) is 0 Å². The highest BCUT2D eigenvalue weighted by molar-refractivity contribution is 5.46. The average molecular weight is 260 g/mol. The number of pyridine rings is 1. The molecule has 0 spiro atoms. The normalized spacial score (nSPS) is 24.9. The lowest BCUT2D eigenvalue weighted by atomic mass is 9.97. The van der Waals surface area contributed by atoms with E-state index in [9.17, 15) is 13.2 Å². The third-order valence-corrected chi connectivity index (χ3v) is 3.08. The highest BCUT2D eigenvalue weighted by atomic mass is 19.4. The van der Waals surface area contributed by atoms with Gasteiger partial charge in [-0.3, -0.25) is 0 Å². The molecule has 2 rings (SSSR count). The third-order valence-electron chi connectivity index (χ3n) is 3.08. The second-order valence-corrected chi connectivity index (χ2v) is 4.49. The van der Waals surface area contributed by atoms with E-state index in [2.05, 4.69) is 10.3 Å². The van der Waals surface area contributed by atoms with Crippen molar-refractivity contribution >= 4 is 5.82 Å². The van der Waals surface area contributed by atoms with Crippen molar-refractivity contribution in [2.75, 3.05) is 18.5 Å². The molecule has 2 atom stereocenters. The van der Waals surface area contributed by atoms with Crippen molar-refractivity contribution in [3.05, 3.63) is 23.9 Å². The molecule has 0 aliphatic carbocycles. The summed E-state index contributed by atoms with van der Waals surface area (Å²) in [6, 6.07) is 2.30. The Morgan fingerprint density at radius 2 is 2.22 bits per heavy atom. The smallest absolute Gasteiger partial charge is 0.381 e. The van der Waals surface area contributed by atoms with Gasteiger partial charge in [0.1, 0.15) is 5.82 Å². The SMILES string of the molecule is CC1COCCC1Nc1ncccc1C(F)(F)F. The summed E-state index contributed by atoms with van der Waals surface area (Å²) >= 11 is 0. The van der Waals surface area contributed by atoms with Crippen LogP contribution >= 0.6 is 0 Å². The first-order chi connectivity index (χ1) is 8.48. The molecule has 100 valence electrons. The summed E-state index contributed by atoms with van der Waals surface area (Å²) in [7, 11) is 0. The van der Waals surface area contributed by atoms with Crippen LogP contribution in [0.5, 0.6) is 0 Å². The molecule has 2 heterocycles. The number of hydrogen-bond acceptors (Lipinski definition) is 3. The number of halogens is 3. The van der Waals surface area contributed by atoms with Crippen molar-refractivity contribution in [2.45, 2.75) is 25.6 Å². The van der Waals surface area contributed by atoms with E-state index in [-0.39, 0.29) is 17.8 Å². The second kappa shape index (κ2) is 5.14. The summed E-state index contributed by atoms with van der Waals surface area (Å²) in [5.74, 6) is 0.0746. The molecule has 0 bridgehead atoms. The van der Waals surface area contributed by atoms with Crippen molar-refractivity contribution < 1.29 is 17.9 Å². The zero-order valence-electron chi connectivity index (χ0n) is 10.00. The first-order valence-corrected chi connectivity index (χ1v) is 5.85. The predicted octanol–water partition coefficient (Wildman–Crippen LogP) is 2.94. The Morgan fingerprint density at radius 3 is 2.89 bits per heavy atom. The molecule has 1 aliphatic heterocycles. The Kier molecular flexibility index (Phi) is 3.75. The molecule has 0 amide bonds. The monoisotopic (exact) mass is 260 g/mol. The van der Waals surface area contributed by atoms with E-state index in [0.29, 0.717) is 19.6 Å². The molecule has 2 unspecified atom stereocenters. The fourth-order valence-electron chi connectivity index (χ4n) is 2.02. The Labute approximate surface area is 103 Å². The molecular weight excluding hydrogens is 245 g/mol. The van der Waals surface area contributed by atoms with Gasteiger partial charge in [-0.15, -0.1) is 0 Å². The Morgan fingerprint density at radius 1 is 1.44 bits per heavy atom. The summed E-state index contributed by atoms with van der Waals surface area (Å²) in [5.41, 5.74) is -0.719. The van der Waals surface area contributed by atoms with Crippen LogP contribution in [0.2, 0.25) is 0 Å². The molecule has 0 radical (unpaired) electrons. The molecule has 0 aromatic carbocycles. The first-order valence-electron chi connectivity index (χ1n) is 5.85. The summed E-state index contributed by atoms with van der Waals surface area (Å²) in [6.07, 6.45) is -2.33. The first kappa shape index (κ1) is 13.1. The molecule has 1 N–H and O–H groups in total. The number of alkyl halides is 3. The molecule has 0 saturated carbocycles. The molecule has 1 fully saturated rings. The molecule has 1 saturated heterocycles. The average Bonchev–Trinajstić information content (AvgIpc) is 2.31. The van der Waals surface area contributed by atoms with Crippen molar-refractivity contribution in [1.82, 2.24) is 4.98 Å². The molecule has 18 heavy (non-hydrogen) atoms. The topological polar surface area (TPSA) is 34.1 Å². The van der Waals surface area contributed by atoms with Gasteiger partial charge in [-0.1, -0.05) is 6.92 Å². The maximum absolute atomic E-state index is 12.8. The predicted molar refractivity (Wildman–Crippen MR) is 61.2 cm³/mol. The number of nitrogens with zero attached hydrogens (tertiary/aromatic N) is 1. The number of anilines is 1. The zero-order chi connectivity index (χ0) is 13.2. The highest BCUT2D eigenvalue weighted by Gasteiger charge is 2.35. The lowest BCUT2D eigenvalue weighted by Gasteiger charge is -2.30. The van der Waals surface area contributed by atoms with Gasteiger partial charge in [-0.05, 0) is 24.5 Å². The van der Waals surface area contributed by atoms with Crippen LogP contribution < -0.4 is 5.32 Å². The minimum atomic E-state index is -4.38. The van der Waals surface area contributed by atoms with E-state index in [1.165, 1.54) is 12.3 Å². The summed E-state index contributed by atoms with van der Waals surface area (Å²) in [6.45, 7) is 3.08. The zero-order valence-corrected chi connectivity index (χ0v) is 10.00. The van der Waals surface area contributed by atoms with Crippen molar-refractivity contribution in [2.24, 2.45) is 5.92 Å². The van der Waals surface area contributed by atoms with Gasteiger partial charge in [-0.2, -0.15) is 13.2 Å². The fraction of sp³-hybridized carbons (Fsp3) is 0.583. The quantitative estimate of drug-likeness (QED) is 0.887. The molecule has 3 nitrogen and oxygen atoms in total. The van der Waals surface area contributed by atoms with Gasteiger partial charge in [0.15, 0.2) is 0 Å². The van der Waals surface area contributed by atoms with Crippen molar-refractivity contribution in [1.29, 1.82) is 0 Å². The largest absolute Gasteiger partial charge is 0.419 e. The van der Waals surface area contributed by atoms with Crippen LogP contribution in [0.25, 0.3) is 0 Å². The Bertz CT molecular complexity index is 409. The van der Waals surface area contributed by atoms with Crippen LogP contribution in [0.15, 0.2) is 18.3 Å². The van der Waals surface area contributed by atoms with Gasteiger partial charge in [-0.25, -0.2) is 4.98 Å².